The molecule has 2 amide bonds. The Morgan fingerprint density at radius 3 is 2.85 bits per heavy atom. The normalized spacial score (nSPS) is 12.1. The standard InChI is InChI=1S/C14H17N3O3/c1-9(8-18)7-16-13(19)14(20)17-11-2-3-12-10(6-11)4-5-15-12/h2-6,9,15,18H,7-8H2,1H3,(H,16,19)(H,17,20). The summed E-state index contributed by atoms with van der Waals surface area (Å²) in [5.41, 5.74) is 1.52. The molecule has 0 saturated heterocycles. The molecule has 0 fully saturated rings. The van der Waals surface area contributed by atoms with Gasteiger partial charge in [0.1, 0.15) is 0 Å². The van der Waals surface area contributed by atoms with Gasteiger partial charge in [-0.3, -0.25) is 9.59 Å². The fourth-order valence-corrected chi connectivity index (χ4v) is 1.73. The maximum atomic E-state index is 11.7. The van der Waals surface area contributed by atoms with Gasteiger partial charge >= 0.3 is 11.8 Å². The molecule has 1 aromatic heterocycles. The van der Waals surface area contributed by atoms with Crippen molar-refractivity contribution in [2.75, 3.05) is 18.5 Å². The Bertz CT molecular complexity index is 621. The number of H-pyrrole nitrogens is 1. The predicted molar refractivity (Wildman–Crippen MR) is 76.2 cm³/mol. The van der Waals surface area contributed by atoms with Crippen LogP contribution in [-0.4, -0.2) is 35.1 Å². The van der Waals surface area contributed by atoms with Crippen LogP contribution in [0.2, 0.25) is 0 Å². The summed E-state index contributed by atoms with van der Waals surface area (Å²) in [6, 6.07) is 7.22. The van der Waals surface area contributed by atoms with Crippen molar-refractivity contribution in [2.24, 2.45) is 5.92 Å². The maximum absolute atomic E-state index is 11.7. The molecular weight excluding hydrogens is 258 g/mol. The monoisotopic (exact) mass is 275 g/mol. The van der Waals surface area contributed by atoms with Gasteiger partial charge in [0, 0.05) is 35.9 Å². The molecule has 2 rings (SSSR count). The van der Waals surface area contributed by atoms with E-state index in [0.29, 0.717) is 5.69 Å². The van der Waals surface area contributed by atoms with Gasteiger partial charge in [-0.05, 0) is 30.2 Å². The van der Waals surface area contributed by atoms with Gasteiger partial charge in [0.05, 0.1) is 0 Å². The molecule has 0 aliphatic carbocycles. The molecule has 0 aliphatic rings. The van der Waals surface area contributed by atoms with Crippen LogP contribution in [0, 0.1) is 5.92 Å². The summed E-state index contributed by atoms with van der Waals surface area (Å²) in [7, 11) is 0. The van der Waals surface area contributed by atoms with Crippen molar-refractivity contribution >= 4 is 28.4 Å². The quantitative estimate of drug-likeness (QED) is 0.623. The number of aromatic amines is 1. The minimum absolute atomic E-state index is 0.0357. The lowest BCUT2D eigenvalue weighted by molar-refractivity contribution is -0.136. The number of carbonyl (C=O) groups is 2. The van der Waals surface area contributed by atoms with Crippen LogP contribution in [0.1, 0.15) is 6.92 Å². The Kier molecular flexibility index (Phi) is 4.37. The summed E-state index contributed by atoms with van der Waals surface area (Å²) < 4.78 is 0. The van der Waals surface area contributed by atoms with E-state index in [1.165, 1.54) is 0 Å². The molecule has 0 aliphatic heterocycles. The highest BCUT2D eigenvalue weighted by Crippen LogP contribution is 2.17. The molecule has 1 atom stereocenters. The summed E-state index contributed by atoms with van der Waals surface area (Å²) in [6.07, 6.45) is 1.80. The summed E-state index contributed by atoms with van der Waals surface area (Å²) in [5.74, 6) is -1.51. The molecule has 6 heteroatoms. The molecule has 4 N–H and O–H groups in total. The van der Waals surface area contributed by atoms with Gasteiger partial charge < -0.3 is 20.7 Å². The van der Waals surface area contributed by atoms with E-state index in [1.54, 1.807) is 25.3 Å². The number of aromatic nitrogens is 1. The fraction of sp³-hybridized carbons (Fsp3) is 0.286. The number of hydrogen-bond acceptors (Lipinski definition) is 3. The third kappa shape index (κ3) is 3.36. The number of hydrogen-bond donors (Lipinski definition) is 4. The summed E-state index contributed by atoms with van der Waals surface area (Å²) in [5, 5.41) is 14.8. The van der Waals surface area contributed by atoms with Crippen LogP contribution in [-0.2, 0) is 9.59 Å². The number of rotatable bonds is 4. The van der Waals surface area contributed by atoms with Crippen molar-refractivity contribution in [3.63, 3.8) is 0 Å². The number of amides is 2. The molecule has 1 aromatic carbocycles. The molecule has 1 unspecified atom stereocenters. The first kappa shape index (κ1) is 14.1. The molecule has 1 heterocycles. The van der Waals surface area contributed by atoms with Gasteiger partial charge in [0.2, 0.25) is 0 Å². The second-order valence-electron chi connectivity index (χ2n) is 4.73. The molecule has 0 saturated carbocycles. The minimum atomic E-state index is -0.718. The van der Waals surface area contributed by atoms with Crippen molar-refractivity contribution < 1.29 is 14.7 Å². The van der Waals surface area contributed by atoms with Gasteiger partial charge in [-0.25, -0.2) is 0 Å². The smallest absolute Gasteiger partial charge is 0.313 e. The second kappa shape index (κ2) is 6.21. The zero-order valence-corrected chi connectivity index (χ0v) is 11.1. The van der Waals surface area contributed by atoms with Crippen LogP contribution in [0.25, 0.3) is 10.9 Å². The number of aliphatic hydroxyl groups is 1. The number of carbonyl (C=O) groups excluding carboxylic acids is 2. The van der Waals surface area contributed by atoms with Gasteiger partial charge in [-0.1, -0.05) is 6.92 Å². The van der Waals surface area contributed by atoms with Crippen molar-refractivity contribution in [3.05, 3.63) is 30.5 Å². The highest BCUT2D eigenvalue weighted by molar-refractivity contribution is 6.39. The third-order valence-electron chi connectivity index (χ3n) is 2.94. The first-order valence-corrected chi connectivity index (χ1v) is 6.37. The van der Waals surface area contributed by atoms with E-state index < -0.39 is 11.8 Å². The number of fused-ring (bicyclic) bond motifs is 1. The van der Waals surface area contributed by atoms with Gasteiger partial charge in [0.25, 0.3) is 0 Å². The molecule has 0 bridgehead atoms. The number of aliphatic hydroxyl groups excluding tert-OH is 1. The predicted octanol–water partition coefficient (Wildman–Crippen LogP) is 0.851. The van der Waals surface area contributed by atoms with Gasteiger partial charge in [-0.2, -0.15) is 0 Å². The first-order valence-electron chi connectivity index (χ1n) is 6.37. The van der Waals surface area contributed by atoms with Crippen molar-refractivity contribution in [1.82, 2.24) is 10.3 Å². The molecular formula is C14H17N3O3. The lowest BCUT2D eigenvalue weighted by Gasteiger charge is -2.09. The van der Waals surface area contributed by atoms with Gasteiger partial charge in [0.15, 0.2) is 0 Å². The third-order valence-corrected chi connectivity index (χ3v) is 2.94. The fourth-order valence-electron chi connectivity index (χ4n) is 1.73. The molecule has 2 aromatic rings. The lowest BCUT2D eigenvalue weighted by Crippen LogP contribution is -2.38. The van der Waals surface area contributed by atoms with Crippen molar-refractivity contribution in [1.29, 1.82) is 0 Å². The van der Waals surface area contributed by atoms with E-state index in [0.717, 1.165) is 10.9 Å². The maximum Gasteiger partial charge on any atom is 0.313 e. The Morgan fingerprint density at radius 2 is 2.10 bits per heavy atom. The van der Waals surface area contributed by atoms with E-state index in [1.807, 2.05) is 12.1 Å². The van der Waals surface area contributed by atoms with Crippen LogP contribution >= 0.6 is 0 Å². The Labute approximate surface area is 116 Å². The summed E-state index contributed by atoms with van der Waals surface area (Å²) in [4.78, 5) is 26.3. The zero-order valence-electron chi connectivity index (χ0n) is 11.1. The molecule has 20 heavy (non-hydrogen) atoms. The number of nitrogens with one attached hydrogen (secondary N) is 3. The Hall–Kier alpha value is -2.34. The minimum Gasteiger partial charge on any atom is -0.396 e. The molecule has 0 radical (unpaired) electrons. The van der Waals surface area contributed by atoms with E-state index >= 15 is 0 Å². The summed E-state index contributed by atoms with van der Waals surface area (Å²) in [6.45, 7) is 2.00. The zero-order chi connectivity index (χ0) is 14.5. The first-order chi connectivity index (χ1) is 9.60. The van der Waals surface area contributed by atoms with Gasteiger partial charge in [-0.15, -0.1) is 0 Å². The molecule has 6 nitrogen and oxygen atoms in total. The number of benzene rings is 1. The largest absolute Gasteiger partial charge is 0.396 e. The van der Waals surface area contributed by atoms with Crippen LogP contribution < -0.4 is 10.6 Å². The topological polar surface area (TPSA) is 94.2 Å². The van der Waals surface area contributed by atoms with Crippen LogP contribution in [0.4, 0.5) is 5.69 Å². The van der Waals surface area contributed by atoms with E-state index in [9.17, 15) is 9.59 Å². The van der Waals surface area contributed by atoms with Crippen molar-refractivity contribution in [3.8, 4) is 0 Å². The Morgan fingerprint density at radius 1 is 1.30 bits per heavy atom. The van der Waals surface area contributed by atoms with E-state index in [4.69, 9.17) is 5.11 Å². The summed E-state index contributed by atoms with van der Waals surface area (Å²) >= 11 is 0. The van der Waals surface area contributed by atoms with E-state index in [2.05, 4.69) is 15.6 Å². The SMILES string of the molecule is CC(CO)CNC(=O)C(=O)Nc1ccc2[nH]ccc2c1. The highest BCUT2D eigenvalue weighted by Gasteiger charge is 2.14. The van der Waals surface area contributed by atoms with Crippen LogP contribution in [0.15, 0.2) is 30.5 Å². The second-order valence-corrected chi connectivity index (χ2v) is 4.73. The lowest BCUT2D eigenvalue weighted by atomic mass is 10.2. The average molecular weight is 275 g/mol. The highest BCUT2D eigenvalue weighted by atomic mass is 16.3. The number of anilines is 1. The van der Waals surface area contributed by atoms with Crippen LogP contribution in [0.5, 0.6) is 0 Å². The van der Waals surface area contributed by atoms with Crippen molar-refractivity contribution in [2.45, 2.75) is 6.92 Å². The average Bonchev–Trinajstić information content (AvgIpc) is 2.91. The molecule has 106 valence electrons. The Balaban J connectivity index is 1.94. The van der Waals surface area contributed by atoms with Crippen LogP contribution in [0.3, 0.4) is 0 Å². The molecule has 0 spiro atoms. The van der Waals surface area contributed by atoms with E-state index in [-0.39, 0.29) is 19.1 Å².